The molecule has 4 rings (SSSR count). The number of thioether (sulfide) groups is 1. The summed E-state index contributed by atoms with van der Waals surface area (Å²) in [5, 5.41) is 10.7. The molecule has 0 radical (unpaired) electrons. The van der Waals surface area contributed by atoms with Crippen molar-refractivity contribution >= 4 is 32.8 Å². The van der Waals surface area contributed by atoms with Gasteiger partial charge in [0.15, 0.2) is 0 Å². The van der Waals surface area contributed by atoms with Gasteiger partial charge in [-0.25, -0.2) is 13.4 Å². The number of hydrogen-bond donors (Lipinski definition) is 1. The standard InChI is InChI=1S/C22H22F3N5O2S2/c1-13(22(23,24)25)29-34(31,32)16-7-8-19(27-12-16)20-18(10-26)17-9-15(33-2)11-28-21(17)30(20)14-5-3-4-6-14/h7-9,11-14,29H,3-6H2,1-2H3. The number of rotatable bonds is 6. The van der Waals surface area contributed by atoms with Crippen LogP contribution in [0.3, 0.4) is 0 Å². The highest BCUT2D eigenvalue weighted by molar-refractivity contribution is 7.98. The number of nitriles is 1. The van der Waals surface area contributed by atoms with Gasteiger partial charge in [-0.15, -0.1) is 11.8 Å². The highest BCUT2D eigenvalue weighted by Gasteiger charge is 2.39. The predicted octanol–water partition coefficient (Wildman–Crippen LogP) is 5.04. The maximum Gasteiger partial charge on any atom is 0.404 e. The van der Waals surface area contributed by atoms with E-state index in [1.165, 1.54) is 23.9 Å². The number of aromatic nitrogens is 3. The molecule has 180 valence electrons. The van der Waals surface area contributed by atoms with Crippen molar-refractivity contribution in [3.05, 3.63) is 36.2 Å². The molecule has 0 bridgehead atoms. The largest absolute Gasteiger partial charge is 0.404 e. The van der Waals surface area contributed by atoms with Crippen LogP contribution in [0.1, 0.15) is 44.2 Å². The van der Waals surface area contributed by atoms with Crippen LogP contribution in [-0.2, 0) is 10.0 Å². The van der Waals surface area contributed by atoms with Crippen LogP contribution in [-0.4, -0.2) is 41.4 Å². The van der Waals surface area contributed by atoms with Gasteiger partial charge in [-0.1, -0.05) is 12.8 Å². The molecule has 3 aromatic heterocycles. The van der Waals surface area contributed by atoms with Crippen molar-refractivity contribution in [1.29, 1.82) is 5.26 Å². The number of alkyl halides is 3. The Morgan fingerprint density at radius 3 is 2.50 bits per heavy atom. The maximum absolute atomic E-state index is 12.8. The molecule has 12 heteroatoms. The third kappa shape index (κ3) is 4.52. The zero-order chi connectivity index (χ0) is 24.7. The van der Waals surface area contributed by atoms with Crippen molar-refractivity contribution in [2.45, 2.75) is 60.7 Å². The Balaban J connectivity index is 1.82. The molecule has 0 aliphatic heterocycles. The molecule has 1 atom stereocenters. The van der Waals surface area contributed by atoms with Gasteiger partial charge < -0.3 is 4.57 Å². The molecule has 1 fully saturated rings. The van der Waals surface area contributed by atoms with Crippen molar-refractivity contribution in [3.63, 3.8) is 0 Å². The van der Waals surface area contributed by atoms with E-state index in [9.17, 15) is 26.9 Å². The van der Waals surface area contributed by atoms with E-state index < -0.39 is 27.1 Å². The minimum atomic E-state index is -4.72. The second-order valence-corrected chi connectivity index (χ2v) is 10.7. The highest BCUT2D eigenvalue weighted by Crippen LogP contribution is 2.41. The average Bonchev–Trinajstić information content (AvgIpc) is 3.43. The smallest absolute Gasteiger partial charge is 0.320 e. The SMILES string of the molecule is CSc1cnc2c(c1)c(C#N)c(-c1ccc(S(=O)(=O)NC(C)C(F)(F)F)cn1)n2C1CCCC1. The topological polar surface area (TPSA) is 101 Å². The molecule has 0 saturated heterocycles. The summed E-state index contributed by atoms with van der Waals surface area (Å²) < 4.78 is 67.0. The van der Waals surface area contributed by atoms with Crippen LogP contribution in [0.4, 0.5) is 13.2 Å². The first kappa shape index (κ1) is 24.5. The number of pyridine rings is 2. The van der Waals surface area contributed by atoms with E-state index in [1.807, 2.05) is 16.9 Å². The second-order valence-electron chi connectivity index (χ2n) is 8.15. The highest BCUT2D eigenvalue weighted by atomic mass is 32.2. The Morgan fingerprint density at radius 2 is 1.94 bits per heavy atom. The summed E-state index contributed by atoms with van der Waals surface area (Å²) in [5.74, 6) is 0. The fraction of sp³-hybridized carbons (Fsp3) is 0.409. The van der Waals surface area contributed by atoms with E-state index in [2.05, 4.69) is 16.0 Å². The first-order valence-corrected chi connectivity index (χ1v) is 13.3. The van der Waals surface area contributed by atoms with E-state index in [0.29, 0.717) is 28.0 Å². The van der Waals surface area contributed by atoms with Gasteiger partial charge in [-0.05, 0) is 44.2 Å². The molecule has 34 heavy (non-hydrogen) atoms. The zero-order valence-corrected chi connectivity index (χ0v) is 20.1. The quantitative estimate of drug-likeness (QED) is 0.468. The number of fused-ring (bicyclic) bond motifs is 1. The van der Waals surface area contributed by atoms with E-state index >= 15 is 0 Å². The lowest BCUT2D eigenvalue weighted by Crippen LogP contribution is -2.42. The first-order chi connectivity index (χ1) is 16.1. The molecule has 1 unspecified atom stereocenters. The third-order valence-electron chi connectivity index (χ3n) is 5.97. The van der Waals surface area contributed by atoms with Gasteiger partial charge in [-0.3, -0.25) is 4.98 Å². The number of hydrogen-bond acceptors (Lipinski definition) is 6. The van der Waals surface area contributed by atoms with Gasteiger partial charge in [-0.2, -0.15) is 23.2 Å². The Labute approximate surface area is 199 Å². The monoisotopic (exact) mass is 509 g/mol. The lowest BCUT2D eigenvalue weighted by Gasteiger charge is -2.18. The van der Waals surface area contributed by atoms with E-state index in [4.69, 9.17) is 0 Å². The third-order valence-corrected chi connectivity index (χ3v) is 8.19. The molecular weight excluding hydrogens is 487 g/mol. The van der Waals surface area contributed by atoms with Crippen LogP contribution in [0.15, 0.2) is 40.4 Å². The van der Waals surface area contributed by atoms with E-state index in [-0.39, 0.29) is 6.04 Å². The first-order valence-electron chi connectivity index (χ1n) is 10.6. The van der Waals surface area contributed by atoms with Crippen molar-refractivity contribution in [2.24, 2.45) is 0 Å². The Hall–Kier alpha value is -2.62. The lowest BCUT2D eigenvalue weighted by atomic mass is 10.1. The van der Waals surface area contributed by atoms with Crippen molar-refractivity contribution in [1.82, 2.24) is 19.3 Å². The summed E-state index contributed by atoms with van der Waals surface area (Å²) in [7, 11) is -4.44. The molecule has 3 aromatic rings. The minimum Gasteiger partial charge on any atom is -0.320 e. The molecule has 7 nitrogen and oxygen atoms in total. The summed E-state index contributed by atoms with van der Waals surface area (Å²) in [6, 6.07) is 4.65. The van der Waals surface area contributed by atoms with Crippen LogP contribution in [0.2, 0.25) is 0 Å². The molecule has 1 aliphatic carbocycles. The molecule has 1 saturated carbocycles. The van der Waals surface area contributed by atoms with Crippen LogP contribution in [0.25, 0.3) is 22.4 Å². The Kier molecular flexibility index (Phi) is 6.63. The summed E-state index contributed by atoms with van der Waals surface area (Å²) in [6.45, 7) is 0.731. The van der Waals surface area contributed by atoms with Crippen LogP contribution < -0.4 is 4.72 Å². The van der Waals surface area contributed by atoms with Gasteiger partial charge in [0.25, 0.3) is 0 Å². The molecule has 0 aromatic carbocycles. The minimum absolute atomic E-state index is 0.117. The maximum atomic E-state index is 12.8. The normalized spacial score (nSPS) is 16.1. The molecule has 1 aliphatic rings. The Bertz CT molecular complexity index is 1360. The summed E-state index contributed by atoms with van der Waals surface area (Å²) in [5.41, 5.74) is 1.94. The Morgan fingerprint density at radius 1 is 1.24 bits per heavy atom. The number of sulfonamides is 1. The average molecular weight is 510 g/mol. The van der Waals surface area contributed by atoms with Crippen molar-refractivity contribution in [3.8, 4) is 17.5 Å². The molecular formula is C22H22F3N5O2S2. The molecule has 1 N–H and O–H groups in total. The molecule has 3 heterocycles. The summed E-state index contributed by atoms with van der Waals surface area (Å²) in [4.78, 5) is 9.38. The van der Waals surface area contributed by atoms with E-state index in [1.54, 1.807) is 10.9 Å². The van der Waals surface area contributed by atoms with Gasteiger partial charge in [0, 0.05) is 28.7 Å². The van der Waals surface area contributed by atoms with Crippen LogP contribution in [0.5, 0.6) is 0 Å². The van der Waals surface area contributed by atoms with Crippen molar-refractivity contribution < 1.29 is 21.6 Å². The van der Waals surface area contributed by atoms with Gasteiger partial charge in [0.2, 0.25) is 10.0 Å². The summed E-state index contributed by atoms with van der Waals surface area (Å²) in [6.07, 6.45) is 3.88. The molecule has 0 spiro atoms. The second kappa shape index (κ2) is 9.20. The fourth-order valence-corrected chi connectivity index (χ4v) is 5.78. The lowest BCUT2D eigenvalue weighted by molar-refractivity contribution is -0.147. The van der Waals surface area contributed by atoms with Crippen LogP contribution >= 0.6 is 11.8 Å². The predicted molar refractivity (Wildman–Crippen MR) is 123 cm³/mol. The van der Waals surface area contributed by atoms with E-state index in [0.717, 1.165) is 43.7 Å². The number of nitrogens with zero attached hydrogens (tertiary/aromatic N) is 4. The summed E-state index contributed by atoms with van der Waals surface area (Å²) >= 11 is 1.51. The van der Waals surface area contributed by atoms with Crippen molar-refractivity contribution in [2.75, 3.05) is 6.26 Å². The van der Waals surface area contributed by atoms with Crippen LogP contribution in [0, 0.1) is 11.3 Å². The number of nitrogens with one attached hydrogen (secondary N) is 1. The zero-order valence-electron chi connectivity index (χ0n) is 18.4. The number of halogens is 3. The van der Waals surface area contributed by atoms with Gasteiger partial charge in [0.05, 0.1) is 17.0 Å². The molecule has 0 amide bonds. The van der Waals surface area contributed by atoms with Gasteiger partial charge in [0.1, 0.15) is 22.7 Å². The van der Waals surface area contributed by atoms with Gasteiger partial charge >= 0.3 is 6.18 Å². The fourth-order valence-electron chi connectivity index (χ4n) is 4.21.